The smallest absolute Gasteiger partial charge is 0.252 e. The van der Waals surface area contributed by atoms with Crippen molar-refractivity contribution in [3.05, 3.63) is 64.9 Å². The fourth-order valence-electron chi connectivity index (χ4n) is 2.59. The molecule has 0 spiro atoms. The monoisotopic (exact) mass is 370 g/mol. The molecule has 0 fully saturated rings. The Labute approximate surface area is 156 Å². The first-order chi connectivity index (χ1) is 12.5. The maximum Gasteiger partial charge on any atom is 0.252 e. The minimum atomic E-state index is -0.297. The van der Waals surface area contributed by atoms with Crippen LogP contribution < -0.4 is 10.6 Å². The van der Waals surface area contributed by atoms with E-state index in [4.69, 9.17) is 11.6 Å². The predicted octanol–water partition coefficient (Wildman–Crippen LogP) is 3.21. The third-order valence-electron chi connectivity index (χ3n) is 3.95. The fourth-order valence-corrected chi connectivity index (χ4v) is 2.81. The predicted molar refractivity (Wildman–Crippen MR) is 101 cm³/mol. The number of nitrogens with one attached hydrogen (secondary N) is 3. The van der Waals surface area contributed by atoms with Crippen LogP contribution in [-0.4, -0.2) is 28.3 Å². The number of hydrogen-bond acceptors (Lipinski definition) is 3. The zero-order valence-electron chi connectivity index (χ0n) is 14.3. The highest BCUT2D eigenvalue weighted by molar-refractivity contribution is 6.33. The molecule has 3 N–H and O–H groups in total. The molecule has 3 aromatic rings. The SMILES string of the molecule is C[C@@H](NC(=O)CCNC(=O)c1ccccc1Cl)c1nc2ccccc2[nH]1. The van der Waals surface area contributed by atoms with Crippen molar-refractivity contribution in [2.75, 3.05) is 6.54 Å². The van der Waals surface area contributed by atoms with Crippen molar-refractivity contribution in [3.8, 4) is 0 Å². The van der Waals surface area contributed by atoms with Gasteiger partial charge < -0.3 is 15.6 Å². The summed E-state index contributed by atoms with van der Waals surface area (Å²) in [5.74, 6) is 0.228. The number of amides is 2. The summed E-state index contributed by atoms with van der Waals surface area (Å²) in [6.07, 6.45) is 0.167. The van der Waals surface area contributed by atoms with Crippen LogP contribution in [0, 0.1) is 0 Å². The molecule has 0 radical (unpaired) electrons. The number of halogens is 1. The van der Waals surface area contributed by atoms with Crippen LogP contribution in [0.15, 0.2) is 48.5 Å². The molecule has 3 rings (SSSR count). The Kier molecular flexibility index (Phi) is 5.53. The zero-order chi connectivity index (χ0) is 18.5. The van der Waals surface area contributed by atoms with E-state index in [9.17, 15) is 9.59 Å². The average Bonchev–Trinajstić information content (AvgIpc) is 3.06. The summed E-state index contributed by atoms with van der Waals surface area (Å²) in [5, 5.41) is 5.95. The number of para-hydroxylation sites is 2. The Bertz CT molecular complexity index is 905. The van der Waals surface area contributed by atoms with Crippen molar-refractivity contribution in [3.63, 3.8) is 0 Å². The molecule has 2 aromatic carbocycles. The van der Waals surface area contributed by atoms with Gasteiger partial charge in [0.2, 0.25) is 5.91 Å². The molecule has 1 atom stereocenters. The topological polar surface area (TPSA) is 86.9 Å². The van der Waals surface area contributed by atoms with Crippen LogP contribution in [0.3, 0.4) is 0 Å². The summed E-state index contributed by atoms with van der Waals surface area (Å²) >= 11 is 5.98. The minimum absolute atomic E-state index is 0.167. The van der Waals surface area contributed by atoms with E-state index in [0.717, 1.165) is 11.0 Å². The van der Waals surface area contributed by atoms with Crippen molar-refractivity contribution < 1.29 is 9.59 Å². The van der Waals surface area contributed by atoms with Gasteiger partial charge in [0.25, 0.3) is 5.91 Å². The highest BCUT2D eigenvalue weighted by Gasteiger charge is 2.14. The Morgan fingerprint density at radius 1 is 1.15 bits per heavy atom. The van der Waals surface area contributed by atoms with Crippen molar-refractivity contribution in [2.24, 2.45) is 0 Å². The number of nitrogens with zero attached hydrogens (tertiary/aromatic N) is 1. The molecule has 0 unspecified atom stereocenters. The van der Waals surface area contributed by atoms with E-state index in [1.807, 2.05) is 31.2 Å². The molecule has 0 aliphatic heterocycles. The van der Waals surface area contributed by atoms with E-state index in [1.54, 1.807) is 24.3 Å². The number of benzene rings is 2. The van der Waals surface area contributed by atoms with Gasteiger partial charge in [-0.15, -0.1) is 0 Å². The fraction of sp³-hybridized carbons (Fsp3) is 0.211. The summed E-state index contributed by atoms with van der Waals surface area (Å²) < 4.78 is 0. The second kappa shape index (κ2) is 8.01. The molecule has 0 saturated carbocycles. The van der Waals surface area contributed by atoms with Crippen molar-refractivity contribution in [2.45, 2.75) is 19.4 Å². The molecule has 134 valence electrons. The highest BCUT2D eigenvalue weighted by atomic mass is 35.5. The first-order valence-corrected chi connectivity index (χ1v) is 8.69. The number of carbonyl (C=O) groups is 2. The second-order valence-electron chi connectivity index (χ2n) is 5.91. The molecule has 26 heavy (non-hydrogen) atoms. The second-order valence-corrected chi connectivity index (χ2v) is 6.32. The van der Waals surface area contributed by atoms with Crippen molar-refractivity contribution >= 4 is 34.4 Å². The van der Waals surface area contributed by atoms with E-state index in [1.165, 1.54) is 0 Å². The Balaban J connectivity index is 1.49. The van der Waals surface area contributed by atoms with Gasteiger partial charge in [-0.2, -0.15) is 0 Å². The van der Waals surface area contributed by atoms with Gasteiger partial charge in [0.05, 0.1) is 27.7 Å². The quantitative estimate of drug-likeness (QED) is 0.622. The van der Waals surface area contributed by atoms with Gasteiger partial charge in [-0.05, 0) is 31.2 Å². The molecule has 6 nitrogen and oxygen atoms in total. The van der Waals surface area contributed by atoms with E-state index in [-0.39, 0.29) is 30.8 Å². The van der Waals surface area contributed by atoms with Crippen LogP contribution >= 0.6 is 11.6 Å². The van der Waals surface area contributed by atoms with E-state index >= 15 is 0 Å². The van der Waals surface area contributed by atoms with Gasteiger partial charge in [0.1, 0.15) is 5.82 Å². The molecule has 0 aliphatic carbocycles. The van der Waals surface area contributed by atoms with E-state index < -0.39 is 0 Å². The zero-order valence-corrected chi connectivity index (χ0v) is 15.0. The number of imidazole rings is 1. The van der Waals surface area contributed by atoms with Gasteiger partial charge in [-0.3, -0.25) is 9.59 Å². The number of aromatic nitrogens is 2. The van der Waals surface area contributed by atoms with E-state index in [0.29, 0.717) is 16.4 Å². The number of carbonyl (C=O) groups excluding carboxylic acids is 2. The standard InChI is InChI=1S/C19H19ClN4O2/c1-12(18-23-15-8-4-5-9-16(15)24-18)22-17(25)10-11-21-19(26)13-6-2-3-7-14(13)20/h2-9,12H,10-11H2,1H3,(H,21,26)(H,22,25)(H,23,24)/t12-/m1/s1. The molecule has 1 aromatic heterocycles. The first kappa shape index (κ1) is 17.9. The molecule has 0 saturated heterocycles. The first-order valence-electron chi connectivity index (χ1n) is 8.31. The average molecular weight is 371 g/mol. The molecule has 0 bridgehead atoms. The third-order valence-corrected chi connectivity index (χ3v) is 4.28. The number of hydrogen-bond donors (Lipinski definition) is 3. The van der Waals surface area contributed by atoms with E-state index in [2.05, 4.69) is 20.6 Å². The van der Waals surface area contributed by atoms with Gasteiger partial charge in [0.15, 0.2) is 0 Å². The van der Waals surface area contributed by atoms with Gasteiger partial charge in [0, 0.05) is 13.0 Å². The Morgan fingerprint density at radius 2 is 1.88 bits per heavy atom. The summed E-state index contributed by atoms with van der Waals surface area (Å²) in [4.78, 5) is 31.8. The largest absolute Gasteiger partial charge is 0.351 e. The summed E-state index contributed by atoms with van der Waals surface area (Å²) in [5.41, 5.74) is 2.18. The summed E-state index contributed by atoms with van der Waals surface area (Å²) in [7, 11) is 0. The molecule has 2 amide bonds. The van der Waals surface area contributed by atoms with Crippen molar-refractivity contribution in [1.82, 2.24) is 20.6 Å². The lowest BCUT2D eigenvalue weighted by atomic mass is 10.2. The number of aromatic amines is 1. The Hall–Kier alpha value is -2.86. The normalized spacial score (nSPS) is 11.9. The molecule has 7 heteroatoms. The number of H-pyrrole nitrogens is 1. The van der Waals surface area contributed by atoms with Crippen LogP contribution in [0.5, 0.6) is 0 Å². The lowest BCUT2D eigenvalue weighted by Gasteiger charge is -2.12. The summed E-state index contributed by atoms with van der Waals surface area (Å²) in [6.45, 7) is 2.08. The van der Waals surface area contributed by atoms with Crippen LogP contribution in [0.4, 0.5) is 0 Å². The summed E-state index contributed by atoms with van der Waals surface area (Å²) in [6, 6.07) is 14.2. The highest BCUT2D eigenvalue weighted by Crippen LogP contribution is 2.16. The number of fused-ring (bicyclic) bond motifs is 1. The molecular weight excluding hydrogens is 352 g/mol. The van der Waals surface area contributed by atoms with Crippen LogP contribution in [0.25, 0.3) is 11.0 Å². The van der Waals surface area contributed by atoms with Gasteiger partial charge in [-0.1, -0.05) is 35.9 Å². The molecule has 0 aliphatic rings. The lowest BCUT2D eigenvalue weighted by molar-refractivity contribution is -0.121. The van der Waals surface area contributed by atoms with Crippen LogP contribution in [0.1, 0.15) is 35.6 Å². The molecular formula is C19H19ClN4O2. The number of rotatable bonds is 6. The van der Waals surface area contributed by atoms with Gasteiger partial charge in [-0.25, -0.2) is 4.98 Å². The Morgan fingerprint density at radius 3 is 2.65 bits per heavy atom. The minimum Gasteiger partial charge on any atom is -0.351 e. The lowest BCUT2D eigenvalue weighted by Crippen LogP contribution is -2.32. The molecule has 1 heterocycles. The maximum atomic E-state index is 12.1. The van der Waals surface area contributed by atoms with Crippen molar-refractivity contribution in [1.29, 1.82) is 0 Å². The van der Waals surface area contributed by atoms with Crippen LogP contribution in [0.2, 0.25) is 5.02 Å². The maximum absolute atomic E-state index is 12.1. The third kappa shape index (κ3) is 4.21. The van der Waals surface area contributed by atoms with Gasteiger partial charge >= 0.3 is 0 Å². The van der Waals surface area contributed by atoms with Crippen LogP contribution in [-0.2, 0) is 4.79 Å².